The molecule has 2 N–H and O–H groups in total. The van der Waals surface area contributed by atoms with Crippen LogP contribution in [0.5, 0.6) is 0 Å². The molecule has 0 radical (unpaired) electrons. The summed E-state index contributed by atoms with van der Waals surface area (Å²) in [5.41, 5.74) is 1.41. The molecule has 20 heavy (non-hydrogen) atoms. The number of aryl methyl sites for hydroxylation is 1. The van der Waals surface area contributed by atoms with E-state index in [0.717, 1.165) is 5.56 Å². The normalized spacial score (nSPS) is 9.65. The number of isocyanates is 2. The lowest BCUT2D eigenvalue weighted by Gasteiger charge is -2.16. The van der Waals surface area contributed by atoms with Crippen molar-refractivity contribution in [2.45, 2.75) is 20.8 Å². The van der Waals surface area contributed by atoms with Gasteiger partial charge in [0.15, 0.2) is 0 Å². The molecule has 0 unspecified atom stereocenters. The lowest BCUT2D eigenvalue weighted by molar-refractivity contribution is 0.0857. The second-order valence-electron chi connectivity index (χ2n) is 4.86. The summed E-state index contributed by atoms with van der Waals surface area (Å²) in [4.78, 5) is 26.8. The highest BCUT2D eigenvalue weighted by molar-refractivity contribution is 5.61. The van der Waals surface area contributed by atoms with Crippen LogP contribution in [0.15, 0.2) is 28.2 Å². The van der Waals surface area contributed by atoms with E-state index in [2.05, 4.69) is 9.98 Å². The van der Waals surface area contributed by atoms with Crippen LogP contribution in [0, 0.1) is 12.3 Å². The molecule has 1 aromatic rings. The van der Waals surface area contributed by atoms with Gasteiger partial charge in [0.1, 0.15) is 0 Å². The largest absolute Gasteiger partial charge is 0.396 e. The lowest BCUT2D eigenvalue weighted by atomic mass is 9.97. The van der Waals surface area contributed by atoms with E-state index in [1.165, 1.54) is 18.2 Å². The van der Waals surface area contributed by atoms with Gasteiger partial charge >= 0.3 is 0 Å². The third kappa shape index (κ3) is 6.73. The Morgan fingerprint density at radius 3 is 2.05 bits per heavy atom. The first-order chi connectivity index (χ1) is 9.40. The van der Waals surface area contributed by atoms with Gasteiger partial charge in [-0.25, -0.2) is 9.59 Å². The molecule has 108 valence electrons. The summed E-state index contributed by atoms with van der Waals surface area (Å²) in [5, 5.41) is 16.9. The van der Waals surface area contributed by atoms with Crippen molar-refractivity contribution in [1.29, 1.82) is 0 Å². The van der Waals surface area contributed by atoms with Crippen molar-refractivity contribution in [2.75, 3.05) is 13.2 Å². The summed E-state index contributed by atoms with van der Waals surface area (Å²) in [5.74, 6) is 0. The van der Waals surface area contributed by atoms with Gasteiger partial charge in [-0.1, -0.05) is 19.9 Å². The Morgan fingerprint density at radius 2 is 1.65 bits per heavy atom. The summed E-state index contributed by atoms with van der Waals surface area (Å²) in [6.07, 6.45) is 2.84. The molecule has 0 aliphatic rings. The Balaban J connectivity index is 0.000000441. The van der Waals surface area contributed by atoms with Crippen LogP contribution in [0.4, 0.5) is 11.4 Å². The quantitative estimate of drug-likeness (QED) is 0.649. The number of hydrogen-bond donors (Lipinski definition) is 2. The Labute approximate surface area is 117 Å². The van der Waals surface area contributed by atoms with Crippen LogP contribution in [0.3, 0.4) is 0 Å². The van der Waals surface area contributed by atoms with Crippen LogP contribution in [-0.4, -0.2) is 35.6 Å². The molecule has 0 atom stereocenters. The van der Waals surface area contributed by atoms with Gasteiger partial charge < -0.3 is 10.2 Å². The predicted octanol–water partition coefficient (Wildman–Crippen LogP) is 1.93. The Kier molecular flexibility index (Phi) is 7.97. The fourth-order valence-electron chi connectivity index (χ4n) is 0.940. The maximum Gasteiger partial charge on any atom is 0.240 e. The minimum atomic E-state index is -0.306. The topological polar surface area (TPSA) is 99.3 Å². The van der Waals surface area contributed by atoms with Gasteiger partial charge in [0.25, 0.3) is 0 Å². The van der Waals surface area contributed by atoms with Crippen LogP contribution in [0.25, 0.3) is 0 Å². The van der Waals surface area contributed by atoms with E-state index in [0.29, 0.717) is 11.4 Å². The van der Waals surface area contributed by atoms with Crippen molar-refractivity contribution in [1.82, 2.24) is 0 Å². The fraction of sp³-hybridized carbons (Fsp3) is 0.429. The summed E-state index contributed by atoms with van der Waals surface area (Å²) >= 11 is 0. The van der Waals surface area contributed by atoms with E-state index in [-0.39, 0.29) is 18.6 Å². The molecule has 6 nitrogen and oxygen atoms in total. The molecule has 1 aromatic carbocycles. The van der Waals surface area contributed by atoms with Gasteiger partial charge in [-0.05, 0) is 24.6 Å². The Bertz CT molecular complexity index is 522. The van der Waals surface area contributed by atoms with E-state index in [1.54, 1.807) is 32.9 Å². The number of carbonyl (C=O) groups excluding carboxylic acids is 2. The molecular formula is C14H18N2O4. The average molecular weight is 278 g/mol. The zero-order valence-corrected chi connectivity index (χ0v) is 11.8. The van der Waals surface area contributed by atoms with Gasteiger partial charge in [-0.3, -0.25) is 0 Å². The number of aliphatic imine (C=N–C) groups is 2. The standard InChI is InChI=1S/C9H6N2O2.C5H12O2/c1-7-2-3-8(10-5-12)4-9(7)11-6-13;1-5(2,3-6)4-7/h2-4H,1H3;6-7H,3-4H2,1-2H3. The minimum Gasteiger partial charge on any atom is -0.396 e. The molecule has 0 amide bonds. The molecule has 0 heterocycles. The van der Waals surface area contributed by atoms with Crippen LogP contribution < -0.4 is 0 Å². The molecule has 6 heteroatoms. The number of aliphatic hydroxyl groups is 2. The zero-order chi connectivity index (χ0) is 15.6. The second kappa shape index (κ2) is 8.91. The monoisotopic (exact) mass is 278 g/mol. The van der Waals surface area contributed by atoms with Crippen LogP contribution >= 0.6 is 0 Å². The number of nitrogens with zero attached hydrogens (tertiary/aromatic N) is 2. The molecule has 0 aromatic heterocycles. The first-order valence-corrected chi connectivity index (χ1v) is 5.88. The van der Waals surface area contributed by atoms with Gasteiger partial charge in [-0.15, -0.1) is 0 Å². The van der Waals surface area contributed by atoms with E-state index >= 15 is 0 Å². The first-order valence-electron chi connectivity index (χ1n) is 5.88. The molecule has 0 saturated heterocycles. The Hall–Kier alpha value is -2.10. The molecule has 0 aliphatic carbocycles. The maximum absolute atomic E-state index is 10.00. The summed E-state index contributed by atoms with van der Waals surface area (Å²) in [6.45, 7) is 5.48. The van der Waals surface area contributed by atoms with E-state index in [9.17, 15) is 9.59 Å². The van der Waals surface area contributed by atoms with Crippen molar-refractivity contribution in [3.05, 3.63) is 23.8 Å². The van der Waals surface area contributed by atoms with Gasteiger partial charge in [-0.2, -0.15) is 9.98 Å². The summed E-state index contributed by atoms with van der Waals surface area (Å²) in [6, 6.07) is 4.88. The van der Waals surface area contributed by atoms with E-state index < -0.39 is 0 Å². The van der Waals surface area contributed by atoms with E-state index in [4.69, 9.17) is 10.2 Å². The first kappa shape index (κ1) is 17.9. The predicted molar refractivity (Wildman–Crippen MR) is 74.7 cm³/mol. The number of benzene rings is 1. The second-order valence-corrected chi connectivity index (χ2v) is 4.86. The Morgan fingerprint density at radius 1 is 1.10 bits per heavy atom. The average Bonchev–Trinajstić information content (AvgIpc) is 2.44. The van der Waals surface area contributed by atoms with Crippen LogP contribution in [-0.2, 0) is 9.59 Å². The van der Waals surface area contributed by atoms with Crippen LogP contribution in [0.1, 0.15) is 19.4 Å². The molecule has 1 rings (SSSR count). The maximum atomic E-state index is 10.00. The SMILES string of the molecule is CC(C)(CO)CO.Cc1ccc(N=C=O)cc1N=C=O. The zero-order valence-electron chi connectivity index (χ0n) is 11.8. The third-order valence-electron chi connectivity index (χ3n) is 2.39. The van der Waals surface area contributed by atoms with Crippen molar-refractivity contribution in [3.63, 3.8) is 0 Å². The van der Waals surface area contributed by atoms with Crippen LogP contribution in [0.2, 0.25) is 0 Å². The van der Waals surface area contributed by atoms with Gasteiger partial charge in [0.05, 0.1) is 24.6 Å². The highest BCUT2D eigenvalue weighted by Gasteiger charge is 2.13. The third-order valence-corrected chi connectivity index (χ3v) is 2.39. The lowest BCUT2D eigenvalue weighted by Crippen LogP contribution is -2.20. The van der Waals surface area contributed by atoms with Gasteiger partial charge in [0.2, 0.25) is 12.2 Å². The van der Waals surface area contributed by atoms with E-state index in [1.807, 2.05) is 0 Å². The van der Waals surface area contributed by atoms with Crippen molar-refractivity contribution in [3.8, 4) is 0 Å². The highest BCUT2D eigenvalue weighted by Crippen LogP contribution is 2.23. The molecule has 0 spiro atoms. The molecule has 0 bridgehead atoms. The number of aliphatic hydroxyl groups excluding tert-OH is 2. The fourth-order valence-corrected chi connectivity index (χ4v) is 0.940. The highest BCUT2D eigenvalue weighted by atomic mass is 16.3. The van der Waals surface area contributed by atoms with Crippen molar-refractivity contribution >= 4 is 23.5 Å². The molecule has 0 saturated carbocycles. The number of hydrogen-bond acceptors (Lipinski definition) is 6. The molecule has 0 aliphatic heterocycles. The van der Waals surface area contributed by atoms with Crippen molar-refractivity contribution < 1.29 is 19.8 Å². The minimum absolute atomic E-state index is 0.0451. The number of rotatable bonds is 4. The molecular weight excluding hydrogens is 260 g/mol. The summed E-state index contributed by atoms with van der Waals surface area (Å²) in [7, 11) is 0. The smallest absolute Gasteiger partial charge is 0.240 e. The van der Waals surface area contributed by atoms with Gasteiger partial charge in [0, 0.05) is 5.41 Å². The summed E-state index contributed by atoms with van der Waals surface area (Å²) < 4.78 is 0. The van der Waals surface area contributed by atoms with Crippen molar-refractivity contribution in [2.24, 2.45) is 15.4 Å². The molecule has 0 fully saturated rings.